The van der Waals surface area contributed by atoms with Gasteiger partial charge in [-0.25, -0.2) is 4.98 Å². The van der Waals surface area contributed by atoms with E-state index in [2.05, 4.69) is 47.7 Å². The number of benzene rings is 1. The van der Waals surface area contributed by atoms with Crippen LogP contribution >= 0.6 is 0 Å². The molecule has 2 aromatic rings. The van der Waals surface area contributed by atoms with Crippen LogP contribution in [0.1, 0.15) is 76.0 Å². The Morgan fingerprint density at radius 1 is 1.12 bits per heavy atom. The Hall–Kier alpha value is -2.76. The van der Waals surface area contributed by atoms with Crippen LogP contribution in [0.2, 0.25) is 0 Å². The maximum atomic E-state index is 13.4. The van der Waals surface area contributed by atoms with Crippen LogP contribution in [0.5, 0.6) is 0 Å². The highest BCUT2D eigenvalue weighted by molar-refractivity contribution is 5.94. The number of hydrogen-bond acceptors (Lipinski definition) is 4. The lowest BCUT2D eigenvalue weighted by molar-refractivity contribution is -0.00550. The van der Waals surface area contributed by atoms with E-state index in [-0.39, 0.29) is 17.6 Å². The lowest BCUT2D eigenvalue weighted by Gasteiger charge is -2.35. The van der Waals surface area contributed by atoms with E-state index in [9.17, 15) is 4.79 Å². The summed E-state index contributed by atoms with van der Waals surface area (Å²) in [6.45, 7) is 10.3. The summed E-state index contributed by atoms with van der Waals surface area (Å²) in [5.74, 6) is 1.67. The minimum atomic E-state index is -0.282. The molecule has 0 bridgehead atoms. The monoisotopic (exact) mass is 436 g/mol. The van der Waals surface area contributed by atoms with Crippen molar-refractivity contribution in [2.75, 3.05) is 6.54 Å². The van der Waals surface area contributed by atoms with Crippen molar-refractivity contribution in [2.45, 2.75) is 84.5 Å². The first-order chi connectivity index (χ1) is 15.4. The summed E-state index contributed by atoms with van der Waals surface area (Å²) < 4.78 is 8.43. The maximum absolute atomic E-state index is 13.4. The summed E-state index contributed by atoms with van der Waals surface area (Å²) in [6.07, 6.45) is 7.76. The van der Waals surface area contributed by atoms with Gasteiger partial charge in [-0.2, -0.15) is 0 Å². The average molecular weight is 437 g/mol. The van der Waals surface area contributed by atoms with Crippen molar-refractivity contribution in [1.82, 2.24) is 19.8 Å². The van der Waals surface area contributed by atoms with Gasteiger partial charge in [0.1, 0.15) is 11.4 Å². The summed E-state index contributed by atoms with van der Waals surface area (Å²) in [6, 6.07) is 10.4. The molecule has 0 radical (unpaired) electrons. The van der Waals surface area contributed by atoms with Gasteiger partial charge < -0.3 is 19.5 Å². The second-order valence-corrected chi connectivity index (χ2v) is 9.82. The van der Waals surface area contributed by atoms with Crippen molar-refractivity contribution in [2.24, 2.45) is 0 Å². The van der Waals surface area contributed by atoms with E-state index in [1.165, 1.54) is 19.3 Å². The second-order valence-electron chi connectivity index (χ2n) is 9.82. The summed E-state index contributed by atoms with van der Waals surface area (Å²) in [5.41, 5.74) is 2.26. The number of rotatable bonds is 5. The number of nitrogens with zero attached hydrogens (tertiary/aromatic N) is 3. The van der Waals surface area contributed by atoms with Crippen LogP contribution in [0.4, 0.5) is 0 Å². The Morgan fingerprint density at radius 3 is 2.50 bits per heavy atom. The number of hydrogen-bond donors (Lipinski definition) is 1. The van der Waals surface area contributed by atoms with E-state index in [1.54, 1.807) is 0 Å². The molecular weight excluding hydrogens is 400 g/mol. The van der Waals surface area contributed by atoms with Gasteiger partial charge >= 0.3 is 0 Å². The van der Waals surface area contributed by atoms with Crippen molar-refractivity contribution in [3.05, 3.63) is 53.7 Å². The third-order valence-electron chi connectivity index (χ3n) is 6.16. The normalized spacial score (nSPS) is 17.8. The van der Waals surface area contributed by atoms with Crippen LogP contribution in [0.25, 0.3) is 11.4 Å². The van der Waals surface area contributed by atoms with E-state index in [1.807, 2.05) is 31.2 Å². The smallest absolute Gasteiger partial charge is 0.272 e. The predicted molar refractivity (Wildman–Crippen MR) is 127 cm³/mol. The molecule has 0 spiro atoms. The number of carbonyl (C=O) groups is 1. The Balaban J connectivity index is 1.66. The van der Waals surface area contributed by atoms with Gasteiger partial charge in [-0.1, -0.05) is 49.6 Å². The molecule has 0 unspecified atom stereocenters. The van der Waals surface area contributed by atoms with Crippen LogP contribution in [0.3, 0.4) is 0 Å². The van der Waals surface area contributed by atoms with Gasteiger partial charge in [0.05, 0.1) is 12.2 Å². The fourth-order valence-corrected chi connectivity index (χ4v) is 4.67. The van der Waals surface area contributed by atoms with Gasteiger partial charge in [0.25, 0.3) is 5.91 Å². The highest BCUT2D eigenvalue weighted by Gasteiger charge is 2.31. The van der Waals surface area contributed by atoms with E-state index in [0.29, 0.717) is 12.2 Å². The first-order valence-corrected chi connectivity index (χ1v) is 11.9. The summed E-state index contributed by atoms with van der Waals surface area (Å²) in [7, 11) is 0. The van der Waals surface area contributed by atoms with Crippen LogP contribution in [-0.2, 0) is 17.8 Å². The molecule has 32 heavy (non-hydrogen) atoms. The minimum Gasteiger partial charge on any atom is -0.474 e. The zero-order valence-corrected chi connectivity index (χ0v) is 19.9. The van der Waals surface area contributed by atoms with E-state index in [4.69, 9.17) is 9.72 Å². The molecule has 1 aromatic heterocycles. The van der Waals surface area contributed by atoms with Gasteiger partial charge in [-0.05, 0) is 46.6 Å². The molecule has 1 N–H and O–H groups in total. The second kappa shape index (κ2) is 9.39. The maximum Gasteiger partial charge on any atom is 0.272 e. The third kappa shape index (κ3) is 5.00. The van der Waals surface area contributed by atoms with Gasteiger partial charge in [0.2, 0.25) is 0 Å². The molecular formula is C26H36N4O2. The molecule has 4 rings (SSSR count). The number of amides is 1. The van der Waals surface area contributed by atoms with Gasteiger partial charge in [0, 0.05) is 24.7 Å². The van der Waals surface area contributed by atoms with Crippen molar-refractivity contribution in [1.29, 1.82) is 0 Å². The van der Waals surface area contributed by atoms with Crippen molar-refractivity contribution >= 4 is 5.91 Å². The molecule has 6 heteroatoms. The molecule has 2 aliphatic rings. The molecule has 172 valence electrons. The number of nitrogens with one attached hydrogen (secondary N) is 1. The fourth-order valence-electron chi connectivity index (χ4n) is 4.67. The third-order valence-corrected chi connectivity index (χ3v) is 6.16. The number of fused-ring (bicyclic) bond motifs is 1. The number of imidazole rings is 1. The molecule has 2 heterocycles. The van der Waals surface area contributed by atoms with Gasteiger partial charge in [-0.15, -0.1) is 0 Å². The van der Waals surface area contributed by atoms with Crippen LogP contribution in [0.15, 0.2) is 42.3 Å². The van der Waals surface area contributed by atoms with E-state index in [0.717, 1.165) is 48.9 Å². The summed E-state index contributed by atoms with van der Waals surface area (Å²) in [5, 5.41) is 3.27. The molecule has 0 atom stereocenters. The molecule has 1 aliphatic heterocycles. The lowest BCUT2D eigenvalue weighted by atomic mass is 9.95. The predicted octanol–water partition coefficient (Wildman–Crippen LogP) is 5.10. The Morgan fingerprint density at radius 2 is 1.84 bits per heavy atom. The fraction of sp³-hybridized carbons (Fsp3) is 0.538. The molecule has 1 aliphatic carbocycles. The number of aromatic nitrogens is 2. The zero-order valence-electron chi connectivity index (χ0n) is 19.9. The largest absolute Gasteiger partial charge is 0.474 e. The van der Waals surface area contributed by atoms with E-state index < -0.39 is 0 Å². The summed E-state index contributed by atoms with van der Waals surface area (Å²) >= 11 is 0. The Labute approximate surface area is 191 Å². The molecule has 1 fully saturated rings. The summed E-state index contributed by atoms with van der Waals surface area (Å²) in [4.78, 5) is 20.5. The highest BCUT2D eigenvalue weighted by Crippen LogP contribution is 2.29. The number of carbonyl (C=O) groups excluding carboxylic acids is 1. The van der Waals surface area contributed by atoms with Crippen molar-refractivity contribution < 1.29 is 9.53 Å². The first-order valence-electron chi connectivity index (χ1n) is 11.9. The number of ether oxygens (including phenoxy) is 1. The Kier molecular flexibility index (Phi) is 6.58. The van der Waals surface area contributed by atoms with Crippen LogP contribution < -0.4 is 5.32 Å². The van der Waals surface area contributed by atoms with E-state index >= 15 is 0 Å². The van der Waals surface area contributed by atoms with Gasteiger partial charge in [-0.3, -0.25) is 4.79 Å². The van der Waals surface area contributed by atoms with Crippen molar-refractivity contribution in [3.8, 4) is 11.4 Å². The average Bonchev–Trinajstić information content (AvgIpc) is 3.17. The first kappa shape index (κ1) is 22.4. The highest BCUT2D eigenvalue weighted by atomic mass is 16.5. The lowest BCUT2D eigenvalue weighted by Crippen LogP contribution is -2.39. The van der Waals surface area contributed by atoms with Crippen molar-refractivity contribution in [3.63, 3.8) is 0 Å². The Bertz CT molecular complexity index is 966. The SMILES string of the molecule is CC=C(OC(C)(C)C)N1CCn2c(-c3ccccc3)nc(C(=O)NC3CCCCC3)c2C1. The molecule has 0 saturated heterocycles. The molecule has 1 aromatic carbocycles. The van der Waals surface area contributed by atoms with Gasteiger partial charge in [0.15, 0.2) is 11.6 Å². The molecule has 1 saturated carbocycles. The zero-order chi connectivity index (χ0) is 22.7. The topological polar surface area (TPSA) is 59.4 Å². The minimum absolute atomic E-state index is 0.0524. The molecule has 6 nitrogen and oxygen atoms in total. The van der Waals surface area contributed by atoms with Crippen LogP contribution in [-0.4, -0.2) is 38.5 Å². The van der Waals surface area contributed by atoms with Crippen LogP contribution in [0, 0.1) is 0 Å². The number of allylic oxidation sites excluding steroid dienone is 1. The standard InChI is InChI=1S/C26H36N4O2/c1-5-22(32-26(2,3)4)29-16-17-30-21(18-29)23(25(31)27-20-14-10-7-11-15-20)28-24(30)19-12-8-6-9-13-19/h5-6,8-9,12-13,20H,7,10-11,14-18H2,1-4H3,(H,27,31). The molecule has 1 amide bonds. The quantitative estimate of drug-likeness (QED) is 0.662.